The van der Waals surface area contributed by atoms with E-state index in [1.54, 1.807) is 6.07 Å². The summed E-state index contributed by atoms with van der Waals surface area (Å²) in [5.41, 5.74) is 1.95. The van der Waals surface area contributed by atoms with E-state index in [1.165, 1.54) is 0 Å². The van der Waals surface area contributed by atoms with Crippen molar-refractivity contribution in [3.8, 4) is 11.3 Å². The zero-order valence-corrected chi connectivity index (χ0v) is 12.1. The predicted octanol–water partition coefficient (Wildman–Crippen LogP) is 2.61. The molecule has 0 radical (unpaired) electrons. The molecule has 0 aliphatic rings. The third-order valence-corrected chi connectivity index (χ3v) is 3.14. The second-order valence-corrected chi connectivity index (χ2v) is 4.88. The van der Waals surface area contributed by atoms with Crippen LogP contribution in [0.15, 0.2) is 51.5 Å². The Morgan fingerprint density at radius 2 is 1.95 bits per heavy atom. The Hall–Kier alpha value is -2.89. The largest absolute Gasteiger partial charge is 0.361 e. The van der Waals surface area contributed by atoms with Crippen molar-refractivity contribution in [2.24, 2.45) is 0 Å². The van der Waals surface area contributed by atoms with Gasteiger partial charge in [-0.1, -0.05) is 40.6 Å². The average molecular weight is 297 g/mol. The van der Waals surface area contributed by atoms with Crippen LogP contribution in [-0.4, -0.2) is 22.8 Å². The lowest BCUT2D eigenvalue weighted by molar-refractivity contribution is 0.0945. The molecule has 0 atom stereocenters. The van der Waals surface area contributed by atoms with Gasteiger partial charge < -0.3 is 14.4 Å². The summed E-state index contributed by atoms with van der Waals surface area (Å²) in [4.78, 5) is 12.0. The molecule has 1 N–H and O–H groups in total. The molecule has 1 amide bonds. The molecule has 0 saturated carbocycles. The molecule has 6 nitrogen and oxygen atoms in total. The summed E-state index contributed by atoms with van der Waals surface area (Å²) in [6.07, 6.45) is 0.604. The summed E-state index contributed by atoms with van der Waals surface area (Å²) in [5.74, 6) is 1.05. The molecule has 22 heavy (non-hydrogen) atoms. The normalized spacial score (nSPS) is 10.6. The van der Waals surface area contributed by atoms with Gasteiger partial charge >= 0.3 is 0 Å². The van der Waals surface area contributed by atoms with E-state index in [9.17, 15) is 4.79 Å². The van der Waals surface area contributed by atoms with Crippen molar-refractivity contribution < 1.29 is 13.8 Å². The van der Waals surface area contributed by atoms with Crippen molar-refractivity contribution in [2.75, 3.05) is 6.54 Å². The molecule has 0 aliphatic heterocycles. The topological polar surface area (TPSA) is 81.2 Å². The van der Waals surface area contributed by atoms with Crippen molar-refractivity contribution >= 4 is 5.91 Å². The minimum atomic E-state index is -0.272. The minimum Gasteiger partial charge on any atom is -0.361 e. The first-order valence-electron chi connectivity index (χ1n) is 6.95. The van der Waals surface area contributed by atoms with Crippen LogP contribution in [-0.2, 0) is 6.42 Å². The van der Waals surface area contributed by atoms with Crippen LogP contribution < -0.4 is 5.32 Å². The van der Waals surface area contributed by atoms with Crippen LogP contribution in [0.4, 0.5) is 0 Å². The fourth-order valence-electron chi connectivity index (χ4n) is 2.05. The van der Waals surface area contributed by atoms with E-state index in [4.69, 9.17) is 9.05 Å². The van der Waals surface area contributed by atoms with Crippen LogP contribution in [0.3, 0.4) is 0 Å². The Balaban J connectivity index is 1.58. The molecule has 3 rings (SSSR count). The molecule has 112 valence electrons. The van der Waals surface area contributed by atoms with E-state index in [-0.39, 0.29) is 11.6 Å². The monoisotopic (exact) mass is 297 g/mol. The summed E-state index contributed by atoms with van der Waals surface area (Å²) in [6, 6.07) is 13.0. The minimum absolute atomic E-state index is 0.259. The zero-order valence-electron chi connectivity index (χ0n) is 12.1. The average Bonchev–Trinajstić information content (AvgIpc) is 3.17. The van der Waals surface area contributed by atoms with Gasteiger partial charge in [-0.05, 0) is 6.92 Å². The van der Waals surface area contributed by atoms with Crippen LogP contribution in [0.25, 0.3) is 11.3 Å². The number of benzene rings is 1. The molecule has 1 aromatic carbocycles. The van der Waals surface area contributed by atoms with Crippen LogP contribution in [0.1, 0.15) is 21.9 Å². The highest BCUT2D eigenvalue weighted by atomic mass is 16.5. The summed E-state index contributed by atoms with van der Waals surface area (Å²) in [5, 5.41) is 10.4. The molecule has 0 aliphatic carbocycles. The smallest absolute Gasteiger partial charge is 0.273 e. The highest BCUT2D eigenvalue weighted by molar-refractivity contribution is 5.93. The highest BCUT2D eigenvalue weighted by Gasteiger charge is 2.13. The Morgan fingerprint density at radius 3 is 2.68 bits per heavy atom. The molecule has 2 aromatic heterocycles. The standard InChI is InChI=1S/C16H15N3O3/c1-11-9-13(18-21-11)7-8-17-16(20)14-10-15(22-19-14)12-5-3-2-4-6-12/h2-6,9-10H,7-8H2,1H3,(H,17,20). The molecule has 0 bridgehead atoms. The van der Waals surface area contributed by atoms with Gasteiger partial charge in [0.05, 0.1) is 5.69 Å². The maximum absolute atomic E-state index is 12.0. The third kappa shape index (κ3) is 3.22. The van der Waals surface area contributed by atoms with Gasteiger partial charge in [0.2, 0.25) is 0 Å². The number of aromatic nitrogens is 2. The maximum Gasteiger partial charge on any atom is 0.273 e. The van der Waals surface area contributed by atoms with E-state index < -0.39 is 0 Å². The van der Waals surface area contributed by atoms with Crippen LogP contribution >= 0.6 is 0 Å². The maximum atomic E-state index is 12.0. The lowest BCUT2D eigenvalue weighted by Gasteiger charge is -1.99. The molecule has 0 unspecified atom stereocenters. The number of nitrogens with one attached hydrogen (secondary N) is 1. The van der Waals surface area contributed by atoms with Gasteiger partial charge in [-0.3, -0.25) is 4.79 Å². The van der Waals surface area contributed by atoms with Crippen molar-refractivity contribution in [3.63, 3.8) is 0 Å². The van der Waals surface area contributed by atoms with Crippen molar-refractivity contribution in [3.05, 3.63) is 59.6 Å². The van der Waals surface area contributed by atoms with E-state index in [0.29, 0.717) is 18.7 Å². The number of amides is 1. The molecule has 0 saturated heterocycles. The number of rotatable bonds is 5. The van der Waals surface area contributed by atoms with E-state index >= 15 is 0 Å². The number of nitrogens with zero attached hydrogens (tertiary/aromatic N) is 2. The molecule has 0 fully saturated rings. The fourth-order valence-corrected chi connectivity index (χ4v) is 2.05. The van der Waals surface area contributed by atoms with Crippen LogP contribution in [0.2, 0.25) is 0 Å². The van der Waals surface area contributed by atoms with Crippen molar-refractivity contribution in [1.82, 2.24) is 15.6 Å². The Labute approximate surface area is 127 Å². The molecular formula is C16H15N3O3. The number of hydrogen-bond donors (Lipinski definition) is 1. The fraction of sp³-hybridized carbons (Fsp3) is 0.188. The van der Waals surface area contributed by atoms with Crippen molar-refractivity contribution in [2.45, 2.75) is 13.3 Å². The Morgan fingerprint density at radius 1 is 1.14 bits per heavy atom. The molecule has 6 heteroatoms. The second kappa shape index (κ2) is 6.26. The summed E-state index contributed by atoms with van der Waals surface area (Å²) in [7, 11) is 0. The first kappa shape index (κ1) is 14.1. The third-order valence-electron chi connectivity index (χ3n) is 3.14. The Bertz CT molecular complexity index is 762. The predicted molar refractivity (Wildman–Crippen MR) is 79.2 cm³/mol. The van der Waals surface area contributed by atoms with Crippen LogP contribution in [0, 0.1) is 6.92 Å². The molecular weight excluding hydrogens is 282 g/mol. The summed E-state index contributed by atoms with van der Waals surface area (Å²) < 4.78 is 10.2. The number of hydrogen-bond acceptors (Lipinski definition) is 5. The molecule has 3 aromatic rings. The van der Waals surface area contributed by atoms with Crippen LogP contribution in [0.5, 0.6) is 0 Å². The molecule has 2 heterocycles. The first-order chi connectivity index (χ1) is 10.7. The molecule has 0 spiro atoms. The van der Waals surface area contributed by atoms with Gasteiger partial charge in [-0.2, -0.15) is 0 Å². The van der Waals surface area contributed by atoms with Gasteiger partial charge in [-0.25, -0.2) is 0 Å². The zero-order chi connectivity index (χ0) is 15.4. The number of carbonyl (C=O) groups excluding carboxylic acids is 1. The lowest BCUT2D eigenvalue weighted by atomic mass is 10.1. The highest BCUT2D eigenvalue weighted by Crippen LogP contribution is 2.19. The van der Waals surface area contributed by atoms with Crippen molar-refractivity contribution in [1.29, 1.82) is 0 Å². The summed E-state index contributed by atoms with van der Waals surface area (Å²) >= 11 is 0. The van der Waals surface area contributed by atoms with Gasteiger partial charge in [-0.15, -0.1) is 0 Å². The first-order valence-corrected chi connectivity index (χ1v) is 6.95. The summed E-state index contributed by atoms with van der Waals surface area (Å²) in [6.45, 7) is 2.29. The number of carbonyl (C=O) groups is 1. The van der Waals surface area contributed by atoms with E-state index in [0.717, 1.165) is 17.0 Å². The van der Waals surface area contributed by atoms with E-state index in [1.807, 2.05) is 43.3 Å². The van der Waals surface area contributed by atoms with Gasteiger partial charge in [0, 0.05) is 30.7 Å². The van der Waals surface area contributed by atoms with Gasteiger partial charge in [0.1, 0.15) is 5.76 Å². The SMILES string of the molecule is Cc1cc(CCNC(=O)c2cc(-c3ccccc3)on2)no1. The Kier molecular flexibility index (Phi) is 4.00. The van der Waals surface area contributed by atoms with E-state index in [2.05, 4.69) is 15.6 Å². The quantitative estimate of drug-likeness (QED) is 0.783. The van der Waals surface area contributed by atoms with Gasteiger partial charge in [0.15, 0.2) is 11.5 Å². The second-order valence-electron chi connectivity index (χ2n) is 4.88. The number of aryl methyl sites for hydroxylation is 1. The lowest BCUT2D eigenvalue weighted by Crippen LogP contribution is -2.25. The van der Waals surface area contributed by atoms with Gasteiger partial charge in [0.25, 0.3) is 5.91 Å².